The van der Waals surface area contributed by atoms with Crippen LogP contribution in [0.3, 0.4) is 0 Å². The zero-order valence-corrected chi connectivity index (χ0v) is 9.65. The molecule has 1 N–H and O–H groups in total. The van der Waals surface area contributed by atoms with Crippen molar-refractivity contribution < 1.29 is 13.2 Å². The summed E-state index contributed by atoms with van der Waals surface area (Å²) in [5, 5.41) is 2.76. The van der Waals surface area contributed by atoms with Crippen LogP contribution in [-0.4, -0.2) is 31.9 Å². The maximum absolute atomic E-state index is 11.5. The van der Waals surface area contributed by atoms with Gasteiger partial charge >= 0.3 is 0 Å². The van der Waals surface area contributed by atoms with Gasteiger partial charge in [0.15, 0.2) is 9.84 Å². The fourth-order valence-corrected chi connectivity index (χ4v) is 2.98. The Labute approximate surface area is 85.0 Å². The van der Waals surface area contributed by atoms with Gasteiger partial charge < -0.3 is 5.32 Å². The molecule has 0 spiro atoms. The van der Waals surface area contributed by atoms with Gasteiger partial charge in [0.1, 0.15) is 0 Å². The maximum atomic E-state index is 11.5. The molecule has 0 aromatic heterocycles. The van der Waals surface area contributed by atoms with Crippen molar-refractivity contribution in [2.24, 2.45) is 5.41 Å². The number of sulfone groups is 1. The lowest BCUT2D eigenvalue weighted by molar-refractivity contribution is -0.129. The fraction of sp³-hybridized carbons (Fsp3) is 0.889. The summed E-state index contributed by atoms with van der Waals surface area (Å²) in [6, 6.07) is -0.188. The molecule has 14 heavy (non-hydrogen) atoms. The van der Waals surface area contributed by atoms with Gasteiger partial charge in [-0.2, -0.15) is 0 Å². The number of nitrogens with one attached hydrogen (secondary N) is 1. The van der Waals surface area contributed by atoms with Crippen LogP contribution >= 0.6 is 0 Å². The van der Waals surface area contributed by atoms with E-state index in [0.717, 1.165) is 0 Å². The lowest BCUT2D eigenvalue weighted by Crippen LogP contribution is -2.42. The Morgan fingerprint density at radius 2 is 1.93 bits per heavy atom. The summed E-state index contributed by atoms with van der Waals surface area (Å²) in [5.41, 5.74) is -0.452. The first-order chi connectivity index (χ1) is 6.21. The van der Waals surface area contributed by atoms with Crippen LogP contribution < -0.4 is 5.32 Å². The van der Waals surface area contributed by atoms with Gasteiger partial charge in [0.05, 0.1) is 11.5 Å². The van der Waals surface area contributed by atoms with E-state index in [-0.39, 0.29) is 23.5 Å². The van der Waals surface area contributed by atoms with Crippen LogP contribution in [0.4, 0.5) is 0 Å². The molecule has 1 aliphatic rings. The molecule has 0 unspecified atom stereocenters. The molecule has 1 heterocycles. The number of carbonyl (C=O) groups excluding carboxylic acids is 1. The number of amides is 1. The Bertz CT molecular complexity index is 326. The van der Waals surface area contributed by atoms with Gasteiger partial charge in [0.2, 0.25) is 5.91 Å². The minimum atomic E-state index is -2.90. The molecule has 0 saturated carbocycles. The molecule has 0 bridgehead atoms. The Hall–Kier alpha value is -0.580. The van der Waals surface area contributed by atoms with Crippen molar-refractivity contribution in [3.8, 4) is 0 Å². The lowest BCUT2D eigenvalue weighted by atomic mass is 9.95. The summed E-state index contributed by atoms with van der Waals surface area (Å²) in [7, 11) is -2.90. The van der Waals surface area contributed by atoms with Gasteiger partial charge in [0, 0.05) is 11.5 Å². The summed E-state index contributed by atoms with van der Waals surface area (Å²) in [4.78, 5) is 11.5. The van der Waals surface area contributed by atoms with Crippen LogP contribution in [0.2, 0.25) is 0 Å². The van der Waals surface area contributed by atoms with Crippen LogP contribution in [0.25, 0.3) is 0 Å². The second-order valence-electron chi connectivity index (χ2n) is 4.82. The van der Waals surface area contributed by atoms with Gasteiger partial charge in [-0.15, -0.1) is 0 Å². The fourth-order valence-electron chi connectivity index (χ4n) is 1.31. The van der Waals surface area contributed by atoms with Crippen molar-refractivity contribution in [2.75, 3.05) is 11.5 Å². The van der Waals surface area contributed by atoms with Crippen LogP contribution in [0.5, 0.6) is 0 Å². The van der Waals surface area contributed by atoms with Gasteiger partial charge in [0.25, 0.3) is 0 Å². The van der Waals surface area contributed by atoms with E-state index in [2.05, 4.69) is 5.32 Å². The number of carbonyl (C=O) groups is 1. The minimum Gasteiger partial charge on any atom is -0.352 e. The molecule has 1 rings (SSSR count). The van der Waals surface area contributed by atoms with Gasteiger partial charge in [-0.25, -0.2) is 8.42 Å². The highest BCUT2D eigenvalue weighted by Gasteiger charge is 2.31. The Morgan fingerprint density at radius 3 is 2.29 bits per heavy atom. The third-order valence-electron chi connectivity index (χ3n) is 2.25. The molecule has 4 nitrogen and oxygen atoms in total. The van der Waals surface area contributed by atoms with Crippen LogP contribution in [0.15, 0.2) is 0 Å². The molecular weight excluding hydrogens is 202 g/mol. The molecule has 0 aliphatic carbocycles. The predicted octanol–water partition coefficient (Wildman–Crippen LogP) is 0.336. The first-order valence-electron chi connectivity index (χ1n) is 4.72. The van der Waals surface area contributed by atoms with Crippen molar-refractivity contribution in [3.63, 3.8) is 0 Å². The minimum absolute atomic E-state index is 0.0837. The maximum Gasteiger partial charge on any atom is 0.225 e. The van der Waals surface area contributed by atoms with E-state index in [1.165, 1.54) is 0 Å². The molecule has 1 amide bonds. The molecule has 0 aromatic carbocycles. The number of rotatable bonds is 1. The first-order valence-corrected chi connectivity index (χ1v) is 6.54. The molecule has 1 atom stereocenters. The van der Waals surface area contributed by atoms with Crippen LogP contribution in [-0.2, 0) is 14.6 Å². The summed E-state index contributed by atoms with van der Waals surface area (Å²) < 4.78 is 22.2. The molecule has 1 saturated heterocycles. The lowest BCUT2D eigenvalue weighted by Gasteiger charge is -2.20. The van der Waals surface area contributed by atoms with Crippen molar-refractivity contribution in [2.45, 2.75) is 33.2 Å². The predicted molar refractivity (Wildman–Crippen MR) is 54.7 cm³/mol. The third-order valence-corrected chi connectivity index (χ3v) is 4.02. The molecular formula is C9H17NO3S. The molecule has 5 heteroatoms. The SMILES string of the molecule is CC(C)(C)C(=O)N[C@H]1CCS(=O)(=O)C1. The number of hydrogen-bond acceptors (Lipinski definition) is 3. The highest BCUT2D eigenvalue weighted by Crippen LogP contribution is 2.16. The average molecular weight is 219 g/mol. The molecule has 0 aromatic rings. The van der Waals surface area contributed by atoms with Crippen molar-refractivity contribution in [3.05, 3.63) is 0 Å². The van der Waals surface area contributed by atoms with Crippen molar-refractivity contribution in [1.29, 1.82) is 0 Å². The molecule has 1 fully saturated rings. The standard InChI is InChI=1S/C9H17NO3S/c1-9(2,3)8(11)10-7-4-5-14(12,13)6-7/h7H,4-6H2,1-3H3,(H,10,11)/t7-/m0/s1. The first kappa shape index (κ1) is 11.5. The van der Waals surface area contributed by atoms with Crippen LogP contribution in [0, 0.1) is 5.41 Å². The van der Waals surface area contributed by atoms with E-state index in [1.807, 2.05) is 20.8 Å². The second-order valence-corrected chi connectivity index (χ2v) is 7.05. The van der Waals surface area contributed by atoms with E-state index in [0.29, 0.717) is 6.42 Å². The zero-order valence-electron chi connectivity index (χ0n) is 8.83. The Morgan fingerprint density at radius 1 is 1.36 bits per heavy atom. The van der Waals surface area contributed by atoms with Crippen LogP contribution in [0.1, 0.15) is 27.2 Å². The van der Waals surface area contributed by atoms with E-state index < -0.39 is 15.3 Å². The van der Waals surface area contributed by atoms with Crippen molar-refractivity contribution in [1.82, 2.24) is 5.32 Å². The van der Waals surface area contributed by atoms with Gasteiger partial charge in [-0.1, -0.05) is 20.8 Å². The zero-order chi connectivity index (χ0) is 11.0. The van der Waals surface area contributed by atoms with E-state index >= 15 is 0 Å². The summed E-state index contributed by atoms with van der Waals surface area (Å²) >= 11 is 0. The Kier molecular flexibility index (Phi) is 2.90. The summed E-state index contributed by atoms with van der Waals surface area (Å²) in [6.07, 6.45) is 0.546. The summed E-state index contributed by atoms with van der Waals surface area (Å²) in [5.74, 6) is 0.205. The van der Waals surface area contributed by atoms with Gasteiger partial charge in [-0.05, 0) is 6.42 Å². The third kappa shape index (κ3) is 2.97. The highest BCUT2D eigenvalue weighted by atomic mass is 32.2. The normalized spacial score (nSPS) is 26.1. The smallest absolute Gasteiger partial charge is 0.225 e. The van der Waals surface area contributed by atoms with E-state index in [9.17, 15) is 13.2 Å². The molecule has 1 aliphatic heterocycles. The topological polar surface area (TPSA) is 63.2 Å². The molecule has 82 valence electrons. The largest absolute Gasteiger partial charge is 0.352 e. The average Bonchev–Trinajstić information content (AvgIpc) is 2.28. The monoisotopic (exact) mass is 219 g/mol. The molecule has 0 radical (unpaired) electrons. The van der Waals surface area contributed by atoms with Crippen molar-refractivity contribution >= 4 is 15.7 Å². The van der Waals surface area contributed by atoms with Gasteiger partial charge in [-0.3, -0.25) is 4.79 Å². The second kappa shape index (κ2) is 3.53. The quantitative estimate of drug-likeness (QED) is 0.691. The highest BCUT2D eigenvalue weighted by molar-refractivity contribution is 7.91. The number of hydrogen-bond donors (Lipinski definition) is 1. The van der Waals surface area contributed by atoms with E-state index in [4.69, 9.17) is 0 Å². The Balaban J connectivity index is 2.53. The van der Waals surface area contributed by atoms with E-state index in [1.54, 1.807) is 0 Å². The summed E-state index contributed by atoms with van der Waals surface area (Å²) in [6.45, 7) is 5.43.